The summed E-state index contributed by atoms with van der Waals surface area (Å²) in [6.45, 7) is 9.82. The molecular weight excluding hydrogens is 220 g/mol. The van der Waals surface area contributed by atoms with Gasteiger partial charge in [0.15, 0.2) is 0 Å². The standard InChI is InChI=1S/C16H24N2/c1-13(2)18(14(3)4)11-10-16(12-17)15-8-6-5-7-9-15/h5-9,13-14,16H,10-11H2,1-4H3/t16-/m1/s1. The molecule has 1 aromatic rings. The first-order valence-corrected chi connectivity index (χ1v) is 6.76. The van der Waals surface area contributed by atoms with Crippen molar-refractivity contribution in [2.24, 2.45) is 0 Å². The zero-order chi connectivity index (χ0) is 13.5. The molecule has 1 atom stereocenters. The first-order chi connectivity index (χ1) is 8.56. The van der Waals surface area contributed by atoms with Gasteiger partial charge in [-0.3, -0.25) is 4.90 Å². The zero-order valence-corrected chi connectivity index (χ0v) is 11.9. The van der Waals surface area contributed by atoms with Crippen LogP contribution in [-0.2, 0) is 0 Å². The van der Waals surface area contributed by atoms with Crippen LogP contribution in [0.1, 0.15) is 45.6 Å². The SMILES string of the molecule is CC(C)N(CC[C@H](C#N)c1ccccc1)C(C)C. The summed E-state index contributed by atoms with van der Waals surface area (Å²) in [7, 11) is 0. The summed E-state index contributed by atoms with van der Waals surface area (Å²) in [5.74, 6) is 0.00574. The Kier molecular flexibility index (Phi) is 5.88. The molecule has 0 aliphatic carbocycles. The summed E-state index contributed by atoms with van der Waals surface area (Å²) in [5.41, 5.74) is 1.13. The van der Waals surface area contributed by atoms with Gasteiger partial charge < -0.3 is 0 Å². The molecule has 0 saturated heterocycles. The van der Waals surface area contributed by atoms with Crippen LogP contribution in [0.2, 0.25) is 0 Å². The van der Waals surface area contributed by atoms with Crippen LogP contribution < -0.4 is 0 Å². The lowest BCUT2D eigenvalue weighted by Gasteiger charge is -2.31. The fourth-order valence-electron chi connectivity index (χ4n) is 2.38. The van der Waals surface area contributed by atoms with E-state index >= 15 is 0 Å². The summed E-state index contributed by atoms with van der Waals surface area (Å²) in [5, 5.41) is 9.30. The van der Waals surface area contributed by atoms with Crippen molar-refractivity contribution in [3.8, 4) is 6.07 Å². The maximum Gasteiger partial charge on any atom is 0.0724 e. The Balaban J connectivity index is 2.63. The Morgan fingerprint density at radius 3 is 2.06 bits per heavy atom. The monoisotopic (exact) mass is 244 g/mol. The number of benzene rings is 1. The van der Waals surface area contributed by atoms with Crippen LogP contribution in [-0.4, -0.2) is 23.5 Å². The minimum atomic E-state index is 0.00574. The van der Waals surface area contributed by atoms with E-state index in [0.717, 1.165) is 18.5 Å². The first-order valence-electron chi connectivity index (χ1n) is 6.76. The van der Waals surface area contributed by atoms with Crippen LogP contribution in [0.4, 0.5) is 0 Å². The second-order valence-corrected chi connectivity index (χ2v) is 5.31. The molecule has 18 heavy (non-hydrogen) atoms. The summed E-state index contributed by atoms with van der Waals surface area (Å²) < 4.78 is 0. The van der Waals surface area contributed by atoms with Gasteiger partial charge in [-0.05, 0) is 39.7 Å². The predicted molar refractivity (Wildman–Crippen MR) is 76.4 cm³/mol. The molecule has 0 N–H and O–H groups in total. The van der Waals surface area contributed by atoms with Gasteiger partial charge in [-0.25, -0.2) is 0 Å². The van der Waals surface area contributed by atoms with Gasteiger partial charge in [0.05, 0.1) is 12.0 Å². The average molecular weight is 244 g/mol. The molecule has 98 valence electrons. The van der Waals surface area contributed by atoms with Crippen LogP contribution in [0.15, 0.2) is 30.3 Å². The summed E-state index contributed by atoms with van der Waals surface area (Å²) in [6, 6.07) is 13.6. The van der Waals surface area contributed by atoms with Gasteiger partial charge in [0, 0.05) is 18.6 Å². The van der Waals surface area contributed by atoms with Crippen molar-refractivity contribution >= 4 is 0 Å². The van der Waals surface area contributed by atoms with Gasteiger partial charge in [-0.1, -0.05) is 30.3 Å². The second-order valence-electron chi connectivity index (χ2n) is 5.31. The van der Waals surface area contributed by atoms with E-state index in [0.29, 0.717) is 12.1 Å². The maximum absolute atomic E-state index is 9.30. The second kappa shape index (κ2) is 7.18. The predicted octanol–water partition coefficient (Wildman–Crippen LogP) is 3.80. The number of hydrogen-bond donors (Lipinski definition) is 0. The highest BCUT2D eigenvalue weighted by molar-refractivity contribution is 5.24. The molecule has 0 saturated carbocycles. The highest BCUT2D eigenvalue weighted by Gasteiger charge is 2.16. The van der Waals surface area contributed by atoms with Crippen LogP contribution in [0.5, 0.6) is 0 Å². The largest absolute Gasteiger partial charge is 0.298 e. The van der Waals surface area contributed by atoms with Crippen molar-refractivity contribution in [2.45, 2.75) is 52.1 Å². The van der Waals surface area contributed by atoms with Crippen LogP contribution in [0, 0.1) is 11.3 Å². The van der Waals surface area contributed by atoms with Crippen LogP contribution in [0.25, 0.3) is 0 Å². The molecule has 0 bridgehead atoms. The molecule has 0 amide bonds. The molecule has 0 heterocycles. The lowest BCUT2D eigenvalue weighted by atomic mass is 9.96. The van der Waals surface area contributed by atoms with Crippen LogP contribution >= 0.6 is 0 Å². The summed E-state index contributed by atoms with van der Waals surface area (Å²) in [6.07, 6.45) is 0.900. The van der Waals surface area contributed by atoms with E-state index < -0.39 is 0 Å². The lowest BCUT2D eigenvalue weighted by molar-refractivity contribution is 0.171. The van der Waals surface area contributed by atoms with Crippen molar-refractivity contribution in [2.75, 3.05) is 6.54 Å². The normalized spacial score (nSPS) is 13.0. The van der Waals surface area contributed by atoms with Gasteiger partial charge in [-0.15, -0.1) is 0 Å². The number of hydrogen-bond acceptors (Lipinski definition) is 2. The summed E-state index contributed by atoms with van der Waals surface area (Å²) in [4.78, 5) is 2.44. The minimum Gasteiger partial charge on any atom is -0.298 e. The van der Waals surface area contributed by atoms with E-state index in [-0.39, 0.29) is 5.92 Å². The molecule has 0 aliphatic heterocycles. The lowest BCUT2D eigenvalue weighted by Crippen LogP contribution is -2.38. The molecule has 0 spiro atoms. The van der Waals surface area contributed by atoms with Gasteiger partial charge >= 0.3 is 0 Å². The molecule has 1 aromatic carbocycles. The fraction of sp³-hybridized carbons (Fsp3) is 0.562. The fourth-order valence-corrected chi connectivity index (χ4v) is 2.38. The smallest absolute Gasteiger partial charge is 0.0724 e. The highest BCUT2D eigenvalue weighted by Crippen LogP contribution is 2.20. The van der Waals surface area contributed by atoms with Gasteiger partial charge in [0.1, 0.15) is 0 Å². The number of nitriles is 1. The molecule has 0 radical (unpaired) electrons. The van der Waals surface area contributed by atoms with E-state index in [9.17, 15) is 5.26 Å². The third-order valence-corrected chi connectivity index (χ3v) is 3.36. The highest BCUT2D eigenvalue weighted by atomic mass is 15.2. The molecule has 2 heteroatoms. The maximum atomic E-state index is 9.30. The minimum absolute atomic E-state index is 0.00574. The van der Waals surface area contributed by atoms with Crippen LogP contribution in [0.3, 0.4) is 0 Å². The van der Waals surface area contributed by atoms with Crippen molar-refractivity contribution in [3.05, 3.63) is 35.9 Å². The van der Waals surface area contributed by atoms with E-state index in [4.69, 9.17) is 0 Å². The van der Waals surface area contributed by atoms with Gasteiger partial charge in [-0.2, -0.15) is 5.26 Å². The van der Waals surface area contributed by atoms with Crippen molar-refractivity contribution in [1.29, 1.82) is 5.26 Å². The Hall–Kier alpha value is -1.33. The van der Waals surface area contributed by atoms with E-state index in [2.05, 4.69) is 38.7 Å². The summed E-state index contributed by atoms with van der Waals surface area (Å²) >= 11 is 0. The molecular formula is C16H24N2. The quantitative estimate of drug-likeness (QED) is 0.761. The van der Waals surface area contributed by atoms with E-state index in [1.54, 1.807) is 0 Å². The number of nitrogens with zero attached hydrogens (tertiary/aromatic N) is 2. The third kappa shape index (κ3) is 4.16. The Morgan fingerprint density at radius 2 is 1.61 bits per heavy atom. The molecule has 1 rings (SSSR count). The Bertz CT molecular complexity index is 368. The average Bonchev–Trinajstić information content (AvgIpc) is 2.34. The van der Waals surface area contributed by atoms with Crippen molar-refractivity contribution < 1.29 is 0 Å². The van der Waals surface area contributed by atoms with E-state index in [1.807, 2.05) is 30.3 Å². The topological polar surface area (TPSA) is 27.0 Å². The van der Waals surface area contributed by atoms with Crippen molar-refractivity contribution in [1.82, 2.24) is 4.90 Å². The van der Waals surface area contributed by atoms with Crippen molar-refractivity contribution in [3.63, 3.8) is 0 Å². The third-order valence-electron chi connectivity index (χ3n) is 3.36. The molecule has 0 aliphatic rings. The van der Waals surface area contributed by atoms with Gasteiger partial charge in [0.2, 0.25) is 0 Å². The number of rotatable bonds is 6. The zero-order valence-electron chi connectivity index (χ0n) is 11.9. The molecule has 2 nitrogen and oxygen atoms in total. The molecule has 0 fully saturated rings. The Labute approximate surface area is 111 Å². The van der Waals surface area contributed by atoms with E-state index in [1.165, 1.54) is 0 Å². The van der Waals surface area contributed by atoms with Gasteiger partial charge in [0.25, 0.3) is 0 Å². The molecule has 0 unspecified atom stereocenters. The molecule has 0 aromatic heterocycles. The Morgan fingerprint density at radius 1 is 1.06 bits per heavy atom. The first kappa shape index (κ1) is 14.7.